The fourth-order valence-corrected chi connectivity index (χ4v) is 3.80. The fourth-order valence-electron chi connectivity index (χ4n) is 3.80. The van der Waals surface area contributed by atoms with Crippen molar-refractivity contribution in [2.45, 2.75) is 56.3 Å². The molecule has 0 aliphatic heterocycles. The summed E-state index contributed by atoms with van der Waals surface area (Å²) in [6.45, 7) is 0. The minimum atomic E-state index is -1.48. The van der Waals surface area contributed by atoms with Gasteiger partial charge in [-0.1, -0.05) is 42.5 Å². The Morgan fingerprint density at radius 1 is 0.707 bits per heavy atom. The average Bonchev–Trinajstić information content (AvgIpc) is 2.91. The number of carboxylic acids is 2. The molecule has 0 saturated heterocycles. The largest absolute Gasteiger partial charge is 0.508 e. The van der Waals surface area contributed by atoms with E-state index in [0.717, 1.165) is 0 Å². The minimum absolute atomic E-state index is 0.0335. The van der Waals surface area contributed by atoms with Crippen LogP contribution in [0.15, 0.2) is 54.6 Å². The van der Waals surface area contributed by atoms with Crippen LogP contribution in [-0.2, 0) is 41.6 Å². The number of phenols is 1. The number of carbonyl (C=O) groups excluding carboxylic acids is 4. The first kappa shape index (κ1) is 32.2. The highest BCUT2D eigenvalue weighted by molar-refractivity contribution is 5.95. The van der Waals surface area contributed by atoms with E-state index in [4.69, 9.17) is 16.6 Å². The van der Waals surface area contributed by atoms with Crippen LogP contribution in [-0.4, -0.2) is 75.1 Å². The molecule has 14 nitrogen and oxygen atoms in total. The molecule has 0 bridgehead atoms. The predicted molar refractivity (Wildman–Crippen MR) is 144 cm³/mol. The summed E-state index contributed by atoms with van der Waals surface area (Å²) in [6.07, 6.45) is -1.61. The monoisotopic (exact) mass is 571 g/mol. The number of phenolic OH excluding ortho intramolecular Hbond substituents is 1. The summed E-state index contributed by atoms with van der Waals surface area (Å²) in [5.41, 5.74) is 11.9. The van der Waals surface area contributed by atoms with Gasteiger partial charge >= 0.3 is 11.9 Å². The maximum atomic E-state index is 13.3. The number of aromatic hydroxyl groups is 1. The SMILES string of the molecule is NC(=O)CC(N)C(=O)NC(Cc1ccccc1)C(=O)NC(CCC(=O)O)C(=O)NC(Cc1ccc(O)cc1)C(=O)O. The summed E-state index contributed by atoms with van der Waals surface area (Å²) in [6, 6.07) is 8.60. The summed E-state index contributed by atoms with van der Waals surface area (Å²) >= 11 is 0. The molecule has 2 aromatic rings. The smallest absolute Gasteiger partial charge is 0.326 e. The lowest BCUT2D eigenvalue weighted by atomic mass is 10.0. The van der Waals surface area contributed by atoms with E-state index < -0.39 is 72.6 Å². The van der Waals surface area contributed by atoms with E-state index in [2.05, 4.69) is 16.0 Å². The topological polar surface area (TPSA) is 251 Å². The highest BCUT2D eigenvalue weighted by Crippen LogP contribution is 2.12. The predicted octanol–water partition coefficient (Wildman–Crippen LogP) is -1.22. The second-order valence-electron chi connectivity index (χ2n) is 9.29. The number of hydrogen-bond acceptors (Lipinski definition) is 8. The molecule has 4 amide bonds. The van der Waals surface area contributed by atoms with Crippen LogP contribution < -0.4 is 27.4 Å². The molecule has 0 aliphatic rings. The van der Waals surface area contributed by atoms with Gasteiger partial charge in [-0.05, 0) is 29.7 Å². The third-order valence-electron chi connectivity index (χ3n) is 5.94. The number of nitrogens with one attached hydrogen (secondary N) is 3. The van der Waals surface area contributed by atoms with Crippen molar-refractivity contribution in [3.63, 3.8) is 0 Å². The van der Waals surface area contributed by atoms with Crippen molar-refractivity contribution in [1.29, 1.82) is 0 Å². The summed E-state index contributed by atoms with van der Waals surface area (Å²) < 4.78 is 0. The Kier molecular flexibility index (Phi) is 12.2. The van der Waals surface area contributed by atoms with Crippen LogP contribution in [0.3, 0.4) is 0 Å². The molecule has 0 aliphatic carbocycles. The standard InChI is InChI=1S/C27H33N5O9/c28-18(14-22(29)34)24(37)31-20(12-15-4-2-1-3-5-15)26(39)30-19(10-11-23(35)36)25(38)32-21(27(40)41)13-16-6-8-17(33)9-7-16/h1-9,18-21,33H,10-14,28H2,(H2,29,34)(H,30,39)(H,31,37)(H,32,38)(H,35,36)(H,40,41). The maximum Gasteiger partial charge on any atom is 0.326 e. The first-order valence-corrected chi connectivity index (χ1v) is 12.6. The second-order valence-corrected chi connectivity index (χ2v) is 9.29. The summed E-state index contributed by atoms with van der Waals surface area (Å²) in [7, 11) is 0. The van der Waals surface area contributed by atoms with Gasteiger partial charge in [0, 0.05) is 19.3 Å². The van der Waals surface area contributed by atoms with E-state index >= 15 is 0 Å². The van der Waals surface area contributed by atoms with E-state index in [1.54, 1.807) is 30.3 Å². The van der Waals surface area contributed by atoms with Crippen molar-refractivity contribution in [1.82, 2.24) is 16.0 Å². The number of carbonyl (C=O) groups is 6. The molecule has 2 aromatic carbocycles. The lowest BCUT2D eigenvalue weighted by molar-refractivity contribution is -0.143. The summed E-state index contributed by atoms with van der Waals surface area (Å²) in [4.78, 5) is 73.2. The highest BCUT2D eigenvalue weighted by Gasteiger charge is 2.31. The Bertz CT molecular complexity index is 1240. The van der Waals surface area contributed by atoms with E-state index in [-0.39, 0.29) is 25.0 Å². The van der Waals surface area contributed by atoms with Crippen molar-refractivity contribution in [3.8, 4) is 5.75 Å². The quantitative estimate of drug-likeness (QED) is 0.119. The molecule has 0 radical (unpaired) electrons. The van der Waals surface area contributed by atoms with E-state index in [1.807, 2.05) is 0 Å². The van der Waals surface area contributed by atoms with E-state index in [9.17, 15) is 39.0 Å². The molecule has 4 atom stereocenters. The third kappa shape index (κ3) is 11.3. The number of benzene rings is 2. The van der Waals surface area contributed by atoms with E-state index in [1.165, 1.54) is 24.3 Å². The lowest BCUT2D eigenvalue weighted by Crippen LogP contribution is -2.58. The summed E-state index contributed by atoms with van der Waals surface area (Å²) in [5.74, 6) is -6.19. The lowest BCUT2D eigenvalue weighted by Gasteiger charge is -2.25. The Labute approximate surface area is 235 Å². The van der Waals surface area contributed by atoms with Crippen LogP contribution in [0.5, 0.6) is 5.75 Å². The molecule has 10 N–H and O–H groups in total. The number of aliphatic carboxylic acids is 2. The van der Waals surface area contributed by atoms with Crippen molar-refractivity contribution in [3.05, 3.63) is 65.7 Å². The molecule has 14 heteroatoms. The minimum Gasteiger partial charge on any atom is -0.508 e. The number of rotatable bonds is 16. The zero-order valence-corrected chi connectivity index (χ0v) is 22.0. The van der Waals surface area contributed by atoms with Gasteiger partial charge in [0.05, 0.1) is 12.5 Å². The molecule has 41 heavy (non-hydrogen) atoms. The van der Waals surface area contributed by atoms with Crippen molar-refractivity contribution in [2.75, 3.05) is 0 Å². The van der Waals surface area contributed by atoms with Crippen LogP contribution >= 0.6 is 0 Å². The van der Waals surface area contributed by atoms with Gasteiger partial charge in [-0.15, -0.1) is 0 Å². The molecular weight excluding hydrogens is 538 g/mol. The molecule has 0 heterocycles. The first-order valence-electron chi connectivity index (χ1n) is 12.6. The second kappa shape index (κ2) is 15.6. The fraction of sp³-hybridized carbons (Fsp3) is 0.333. The Balaban J connectivity index is 2.24. The van der Waals surface area contributed by atoms with Crippen LogP contribution in [0.1, 0.15) is 30.4 Å². The van der Waals surface area contributed by atoms with Gasteiger partial charge in [0.1, 0.15) is 23.9 Å². The molecule has 4 unspecified atom stereocenters. The molecule has 220 valence electrons. The number of hydrogen-bond donors (Lipinski definition) is 8. The van der Waals surface area contributed by atoms with Gasteiger partial charge < -0.3 is 42.7 Å². The van der Waals surface area contributed by atoms with Crippen LogP contribution in [0.4, 0.5) is 0 Å². The normalized spacial score (nSPS) is 13.6. The maximum absolute atomic E-state index is 13.3. The molecular formula is C27H33N5O9. The third-order valence-corrected chi connectivity index (χ3v) is 5.94. The first-order chi connectivity index (χ1) is 19.3. The van der Waals surface area contributed by atoms with Crippen molar-refractivity contribution >= 4 is 35.6 Å². The van der Waals surface area contributed by atoms with Crippen LogP contribution in [0.2, 0.25) is 0 Å². The average molecular weight is 572 g/mol. The number of primary amides is 1. The Morgan fingerprint density at radius 2 is 1.22 bits per heavy atom. The van der Waals surface area contributed by atoms with Gasteiger partial charge in [0.2, 0.25) is 23.6 Å². The number of carboxylic acid groups (broad SMARTS) is 2. The van der Waals surface area contributed by atoms with Gasteiger partial charge in [-0.2, -0.15) is 0 Å². The van der Waals surface area contributed by atoms with Gasteiger partial charge in [-0.3, -0.25) is 24.0 Å². The number of nitrogens with two attached hydrogens (primary N) is 2. The van der Waals surface area contributed by atoms with Gasteiger partial charge in [0.15, 0.2) is 0 Å². The molecule has 0 saturated carbocycles. The van der Waals surface area contributed by atoms with Crippen LogP contribution in [0, 0.1) is 0 Å². The van der Waals surface area contributed by atoms with Gasteiger partial charge in [0.25, 0.3) is 0 Å². The molecule has 0 spiro atoms. The highest BCUT2D eigenvalue weighted by atomic mass is 16.4. The Hall–Kier alpha value is -4.98. The Morgan fingerprint density at radius 3 is 1.78 bits per heavy atom. The van der Waals surface area contributed by atoms with Crippen molar-refractivity contribution in [2.24, 2.45) is 11.5 Å². The van der Waals surface area contributed by atoms with Crippen molar-refractivity contribution < 1.29 is 44.1 Å². The molecule has 0 fully saturated rings. The van der Waals surface area contributed by atoms with Gasteiger partial charge in [-0.25, -0.2) is 4.79 Å². The molecule has 0 aromatic heterocycles. The van der Waals surface area contributed by atoms with E-state index in [0.29, 0.717) is 11.1 Å². The number of amides is 4. The van der Waals surface area contributed by atoms with Crippen LogP contribution in [0.25, 0.3) is 0 Å². The molecule has 2 rings (SSSR count). The zero-order valence-electron chi connectivity index (χ0n) is 22.0. The summed E-state index contributed by atoms with van der Waals surface area (Å²) in [5, 5.41) is 35.4. The zero-order chi connectivity index (χ0) is 30.5.